The average Bonchev–Trinajstić information content (AvgIpc) is 2.84. The molecule has 164 valence electrons. The molecule has 3 aromatic heterocycles. The lowest BCUT2D eigenvalue weighted by Gasteiger charge is -2.10. The highest BCUT2D eigenvalue weighted by Gasteiger charge is 2.11. The Labute approximate surface area is 190 Å². The first-order valence-corrected chi connectivity index (χ1v) is 10.7. The van der Waals surface area contributed by atoms with Gasteiger partial charge in [0.25, 0.3) is 11.1 Å². The molecule has 5 rings (SSSR count). The summed E-state index contributed by atoms with van der Waals surface area (Å²) in [6, 6.07) is 21.0. The van der Waals surface area contributed by atoms with Crippen molar-refractivity contribution in [3.63, 3.8) is 0 Å². The highest BCUT2D eigenvalue weighted by Crippen LogP contribution is 2.16. The van der Waals surface area contributed by atoms with E-state index in [4.69, 9.17) is 4.74 Å². The molecule has 0 aliphatic heterocycles. The van der Waals surface area contributed by atoms with Crippen LogP contribution in [0.25, 0.3) is 21.8 Å². The zero-order valence-electron chi connectivity index (χ0n) is 18.5. The van der Waals surface area contributed by atoms with Crippen molar-refractivity contribution in [1.29, 1.82) is 0 Å². The molecule has 33 heavy (non-hydrogen) atoms. The van der Waals surface area contributed by atoms with Gasteiger partial charge in [0.1, 0.15) is 5.75 Å². The lowest BCUT2D eigenvalue weighted by molar-refractivity contribution is 0.414. The van der Waals surface area contributed by atoms with E-state index in [2.05, 4.69) is 4.98 Å². The third-order valence-corrected chi connectivity index (χ3v) is 5.87. The number of fused-ring (bicyclic) bond motifs is 2. The first-order valence-electron chi connectivity index (χ1n) is 10.7. The fourth-order valence-corrected chi connectivity index (χ4v) is 3.97. The third-order valence-electron chi connectivity index (χ3n) is 5.87. The molecule has 6 heteroatoms. The van der Waals surface area contributed by atoms with Crippen LogP contribution in [0.15, 0.2) is 88.7 Å². The van der Waals surface area contributed by atoms with Gasteiger partial charge < -0.3 is 13.9 Å². The monoisotopic (exact) mass is 437 g/mol. The van der Waals surface area contributed by atoms with Crippen LogP contribution in [0, 0.1) is 6.92 Å². The molecule has 0 spiro atoms. The fraction of sp³-hybridized carbons (Fsp3) is 0.148. The van der Waals surface area contributed by atoms with Gasteiger partial charge in [-0.15, -0.1) is 0 Å². The van der Waals surface area contributed by atoms with E-state index in [0.717, 1.165) is 16.9 Å². The summed E-state index contributed by atoms with van der Waals surface area (Å²) >= 11 is 0. The number of aromatic nitrogens is 3. The Morgan fingerprint density at radius 2 is 1.21 bits per heavy atom. The normalized spacial score (nSPS) is 11.2. The van der Waals surface area contributed by atoms with E-state index in [1.165, 1.54) is 5.56 Å². The molecule has 0 N–H and O–H groups in total. The van der Waals surface area contributed by atoms with Crippen LogP contribution in [0.4, 0.5) is 0 Å². The van der Waals surface area contributed by atoms with Crippen molar-refractivity contribution < 1.29 is 4.74 Å². The quantitative estimate of drug-likeness (QED) is 0.388. The Hall–Kier alpha value is -4.19. The van der Waals surface area contributed by atoms with Crippen LogP contribution >= 0.6 is 0 Å². The van der Waals surface area contributed by atoms with Crippen LogP contribution in [-0.2, 0) is 13.1 Å². The number of rotatable bonds is 5. The highest BCUT2D eigenvalue weighted by atomic mass is 16.5. The maximum absolute atomic E-state index is 13.2. The summed E-state index contributed by atoms with van der Waals surface area (Å²) in [6.07, 6.45) is 3.50. The van der Waals surface area contributed by atoms with Gasteiger partial charge in [-0.1, -0.05) is 42.0 Å². The Balaban J connectivity index is 1.55. The van der Waals surface area contributed by atoms with Crippen LogP contribution in [0.3, 0.4) is 0 Å². The summed E-state index contributed by atoms with van der Waals surface area (Å²) < 4.78 is 8.48. The Morgan fingerprint density at radius 3 is 1.70 bits per heavy atom. The van der Waals surface area contributed by atoms with Crippen molar-refractivity contribution in [1.82, 2.24) is 14.1 Å². The van der Waals surface area contributed by atoms with Gasteiger partial charge in [-0.05, 0) is 48.4 Å². The maximum atomic E-state index is 13.2. The van der Waals surface area contributed by atoms with Crippen molar-refractivity contribution in [3.8, 4) is 5.75 Å². The van der Waals surface area contributed by atoms with Crippen molar-refractivity contribution in [2.75, 3.05) is 7.11 Å². The van der Waals surface area contributed by atoms with Gasteiger partial charge in [-0.3, -0.25) is 9.59 Å². The molecule has 0 unspecified atom stereocenters. The number of aryl methyl sites for hydroxylation is 1. The van der Waals surface area contributed by atoms with Crippen molar-refractivity contribution in [2.45, 2.75) is 20.0 Å². The van der Waals surface area contributed by atoms with Gasteiger partial charge in [0.2, 0.25) is 0 Å². The molecule has 2 aromatic carbocycles. The van der Waals surface area contributed by atoms with E-state index in [9.17, 15) is 9.59 Å². The summed E-state index contributed by atoms with van der Waals surface area (Å²) in [7, 11) is 1.62. The number of pyridine rings is 3. The molecular weight excluding hydrogens is 414 g/mol. The summed E-state index contributed by atoms with van der Waals surface area (Å²) in [5, 5.41) is 0.875. The molecule has 0 saturated carbocycles. The Kier molecular flexibility index (Phi) is 5.26. The molecule has 3 heterocycles. The van der Waals surface area contributed by atoms with Crippen molar-refractivity contribution in [3.05, 3.63) is 117 Å². The predicted molar refractivity (Wildman–Crippen MR) is 130 cm³/mol. The predicted octanol–water partition coefficient (Wildman–Crippen LogP) is 4.13. The van der Waals surface area contributed by atoms with Gasteiger partial charge in [0, 0.05) is 12.4 Å². The third kappa shape index (κ3) is 4.03. The van der Waals surface area contributed by atoms with E-state index < -0.39 is 0 Å². The standard InChI is InChI=1S/C27H23N3O3/c1-18-3-5-19(6-4-18)16-29-13-11-24-22(26(29)31)15-23-25(28-24)12-14-30(27(23)32)17-20-7-9-21(33-2)10-8-20/h3-15H,16-17H2,1-2H3. The van der Waals surface area contributed by atoms with E-state index in [1.54, 1.807) is 34.7 Å². The number of hydrogen-bond acceptors (Lipinski definition) is 4. The first kappa shape index (κ1) is 20.7. The SMILES string of the molecule is COc1ccc(Cn2ccc3nc4ccn(Cc5ccc(C)cc5)c(=O)c4cc3c2=O)cc1. The van der Waals surface area contributed by atoms with Gasteiger partial charge in [0.15, 0.2) is 0 Å². The number of benzene rings is 2. The minimum Gasteiger partial charge on any atom is -0.497 e. The molecule has 5 aromatic rings. The van der Waals surface area contributed by atoms with Gasteiger partial charge >= 0.3 is 0 Å². The molecule has 0 atom stereocenters. The average molecular weight is 437 g/mol. The van der Waals surface area contributed by atoms with Gasteiger partial charge in [0.05, 0.1) is 42.0 Å². The molecule has 0 bridgehead atoms. The Bertz CT molecular complexity index is 1580. The Morgan fingerprint density at radius 1 is 0.727 bits per heavy atom. The molecule has 6 nitrogen and oxygen atoms in total. The smallest absolute Gasteiger partial charge is 0.260 e. The fourth-order valence-electron chi connectivity index (χ4n) is 3.97. The second-order valence-corrected chi connectivity index (χ2v) is 8.19. The molecular formula is C27H23N3O3. The summed E-state index contributed by atoms with van der Waals surface area (Å²) in [5.74, 6) is 0.766. The number of ether oxygens (including phenoxy) is 1. The van der Waals surface area contributed by atoms with Crippen LogP contribution in [0.5, 0.6) is 5.75 Å². The maximum Gasteiger partial charge on any atom is 0.260 e. The molecule has 0 fully saturated rings. The minimum atomic E-state index is -0.175. The van der Waals surface area contributed by atoms with Crippen molar-refractivity contribution >= 4 is 21.8 Å². The molecule has 0 saturated heterocycles. The lowest BCUT2D eigenvalue weighted by atomic mass is 10.1. The van der Waals surface area contributed by atoms with E-state index in [0.29, 0.717) is 34.9 Å². The van der Waals surface area contributed by atoms with Gasteiger partial charge in [-0.25, -0.2) is 4.98 Å². The summed E-state index contributed by atoms with van der Waals surface area (Å²) in [4.78, 5) is 31.0. The van der Waals surface area contributed by atoms with E-state index in [1.807, 2.05) is 67.6 Å². The first-order chi connectivity index (χ1) is 16.0. The van der Waals surface area contributed by atoms with Crippen LogP contribution in [-0.4, -0.2) is 21.2 Å². The molecule has 0 radical (unpaired) electrons. The van der Waals surface area contributed by atoms with E-state index in [-0.39, 0.29) is 11.1 Å². The minimum absolute atomic E-state index is 0.160. The topological polar surface area (TPSA) is 66.1 Å². The second-order valence-electron chi connectivity index (χ2n) is 8.19. The highest BCUT2D eigenvalue weighted by molar-refractivity contribution is 5.91. The lowest BCUT2D eigenvalue weighted by Crippen LogP contribution is -2.23. The summed E-state index contributed by atoms with van der Waals surface area (Å²) in [5.41, 5.74) is 4.02. The van der Waals surface area contributed by atoms with E-state index >= 15 is 0 Å². The van der Waals surface area contributed by atoms with Crippen LogP contribution in [0.1, 0.15) is 16.7 Å². The number of nitrogens with zero attached hydrogens (tertiary/aromatic N) is 3. The van der Waals surface area contributed by atoms with Crippen molar-refractivity contribution in [2.24, 2.45) is 0 Å². The molecule has 0 aliphatic carbocycles. The van der Waals surface area contributed by atoms with Crippen LogP contribution < -0.4 is 15.9 Å². The number of methoxy groups -OCH3 is 1. The summed E-state index contributed by atoms with van der Waals surface area (Å²) in [6.45, 7) is 2.91. The zero-order valence-corrected chi connectivity index (χ0v) is 18.5. The largest absolute Gasteiger partial charge is 0.497 e. The molecule has 0 aliphatic rings. The zero-order chi connectivity index (χ0) is 22.9. The van der Waals surface area contributed by atoms with Crippen LogP contribution in [0.2, 0.25) is 0 Å². The molecule has 0 amide bonds. The second kappa shape index (κ2) is 8.39. The number of hydrogen-bond donors (Lipinski definition) is 0. The van der Waals surface area contributed by atoms with Gasteiger partial charge in [-0.2, -0.15) is 0 Å².